The molecule has 0 radical (unpaired) electrons. The van der Waals surface area contributed by atoms with E-state index in [4.69, 9.17) is 0 Å². The Labute approximate surface area is 696 Å². The molecule has 0 saturated carbocycles. The van der Waals surface area contributed by atoms with Gasteiger partial charge in [0, 0.05) is 99.7 Å². The summed E-state index contributed by atoms with van der Waals surface area (Å²) >= 11 is 0. The minimum absolute atomic E-state index is 0. The summed E-state index contributed by atoms with van der Waals surface area (Å²) in [6, 6.07) is 37.4. The van der Waals surface area contributed by atoms with Gasteiger partial charge >= 0.3 is 0 Å². The minimum Gasteiger partial charge on any atom is -0.310 e. The summed E-state index contributed by atoms with van der Waals surface area (Å²) in [5.41, 5.74) is 8.50. The van der Waals surface area contributed by atoms with Gasteiger partial charge in [0.2, 0.25) is 0 Å². The number of allylic oxidation sites excluding steroid dienone is 2. The van der Waals surface area contributed by atoms with Gasteiger partial charge in [0.15, 0.2) is 12.4 Å². The van der Waals surface area contributed by atoms with E-state index < -0.39 is 0 Å². The molecule has 5 aromatic carbocycles. The molecule has 18 heteroatoms. The fraction of sp³-hybridized carbons (Fsp3) is 0.593. The first kappa shape index (κ1) is 116. The van der Waals surface area contributed by atoms with Crippen LogP contribution in [0, 0.1) is 0 Å². The number of amides is 4. The van der Waals surface area contributed by atoms with Crippen LogP contribution in [0.25, 0.3) is 21.5 Å². The Morgan fingerprint density at radius 2 is 0.642 bits per heavy atom. The van der Waals surface area contributed by atoms with Crippen molar-refractivity contribution < 1.29 is 23.7 Å². The second kappa shape index (κ2) is 78.9. The predicted octanol–water partition coefficient (Wildman–Crippen LogP) is 24.5. The Bertz CT molecular complexity index is 3010. The summed E-state index contributed by atoms with van der Waals surface area (Å²) in [6.45, 7) is 46.1. The lowest BCUT2D eigenvalue weighted by Gasteiger charge is -2.27. The molecule has 0 fully saturated rings. The Morgan fingerprint density at radius 3 is 0.917 bits per heavy atom. The molecule has 3 heterocycles. The summed E-state index contributed by atoms with van der Waals surface area (Å²) in [5, 5.41) is 3.46. The molecule has 2 aliphatic heterocycles. The smallest absolute Gasteiger partial charge is 0.261 e. The van der Waals surface area contributed by atoms with E-state index in [1.807, 2.05) is 222 Å². The quantitative estimate of drug-likeness (QED) is 0.0153. The summed E-state index contributed by atoms with van der Waals surface area (Å²) in [4.78, 5) is 63.0. The van der Waals surface area contributed by atoms with Crippen LogP contribution in [-0.2, 0) is 19.4 Å². The van der Waals surface area contributed by atoms with E-state index in [0.29, 0.717) is 28.8 Å². The van der Waals surface area contributed by atoms with Crippen molar-refractivity contribution in [2.24, 2.45) is 0 Å². The van der Waals surface area contributed by atoms with Gasteiger partial charge in [-0.05, 0) is 235 Å². The number of hydrogen-bond acceptors (Lipinski definition) is 15. The van der Waals surface area contributed by atoms with Crippen molar-refractivity contribution in [3.63, 3.8) is 0 Å². The van der Waals surface area contributed by atoms with E-state index in [-0.39, 0.29) is 31.1 Å². The number of aryl methyl sites for hydroxylation is 3. The lowest BCUT2D eigenvalue weighted by atomic mass is 9.92. The van der Waals surface area contributed by atoms with Crippen LogP contribution >= 0.6 is 64.8 Å². The van der Waals surface area contributed by atoms with Gasteiger partial charge in [0.25, 0.3) is 23.6 Å². The SMILES string of the molecule is C.CC.CC.CC.CC.CC.CC.CC.CC(C)=C(C)C.CCN(C)C.CN(C)CCCSSCCCN(C)C.CN(C)CCCSSCCCN1C(=O)c2cccc3cccc(c23)C1=O.CN(C)CCCSSCCC[n+]1ccccc1.CN1C(=O)c2cccc3cccc(c23)C1=O.c1ccc2c(c1)CCCC2. The number of carbonyl (C=O) groups is 4. The highest BCUT2D eigenvalue weighted by molar-refractivity contribution is 8.77. The molecule has 0 atom stereocenters. The van der Waals surface area contributed by atoms with Gasteiger partial charge in [0.05, 0.1) is 0 Å². The summed E-state index contributed by atoms with van der Waals surface area (Å²) < 4.78 is 2.25. The average Bonchev–Trinajstić information content (AvgIpc) is 0.761. The topological polar surface area (TPSA) is 94.8 Å². The van der Waals surface area contributed by atoms with Crippen LogP contribution < -0.4 is 4.57 Å². The fourth-order valence-electron chi connectivity index (χ4n) is 9.39. The second-order valence-corrected chi connectivity index (χ2v) is 33.2. The zero-order chi connectivity index (χ0) is 83.2. The largest absolute Gasteiger partial charge is 0.310 e. The summed E-state index contributed by atoms with van der Waals surface area (Å²) in [5.74, 6) is 6.36. The Kier molecular flexibility index (Phi) is 83.7. The predicted molar refractivity (Wildman–Crippen MR) is 506 cm³/mol. The third kappa shape index (κ3) is 54.2. The number of carbonyl (C=O) groups excluding carboxylic acids is 4. The highest BCUT2D eigenvalue weighted by Gasteiger charge is 2.32. The Morgan fingerprint density at radius 1 is 0.367 bits per heavy atom. The van der Waals surface area contributed by atoms with Crippen molar-refractivity contribution in [1.29, 1.82) is 0 Å². The van der Waals surface area contributed by atoms with E-state index in [1.54, 1.807) is 23.3 Å². The van der Waals surface area contributed by atoms with E-state index in [0.717, 1.165) is 64.0 Å². The summed E-state index contributed by atoms with van der Waals surface area (Å²) in [7, 11) is 34.4. The first-order valence-electron chi connectivity index (χ1n) is 40.4. The molecule has 12 nitrogen and oxygen atoms in total. The molecule has 0 spiro atoms. The average molecular weight is 1620 g/mol. The van der Waals surface area contributed by atoms with Crippen LogP contribution in [0.1, 0.15) is 243 Å². The van der Waals surface area contributed by atoms with Gasteiger partial charge in [-0.3, -0.25) is 29.0 Å². The third-order valence-electron chi connectivity index (χ3n) is 15.3. The second-order valence-electron chi connectivity index (χ2n) is 25.1. The number of fused-ring (bicyclic) bond motifs is 1. The Hall–Kier alpha value is -4.31. The molecule has 0 saturated heterocycles. The third-order valence-corrected chi connectivity index (χ3v) is 23.1. The highest BCUT2D eigenvalue weighted by atomic mass is 33.1. The molecule has 0 unspecified atom stereocenters. The molecule has 1 aliphatic carbocycles. The number of benzene rings is 5. The van der Waals surface area contributed by atoms with Gasteiger partial charge in [0.1, 0.15) is 6.54 Å². The van der Waals surface area contributed by atoms with E-state index in [9.17, 15) is 19.2 Å². The molecule has 0 bridgehead atoms. The first-order chi connectivity index (χ1) is 52.1. The van der Waals surface area contributed by atoms with Crippen molar-refractivity contribution >= 4 is 110 Å². The molecular weight excluding hydrogens is 1460 g/mol. The van der Waals surface area contributed by atoms with Crippen LogP contribution in [0.3, 0.4) is 0 Å². The van der Waals surface area contributed by atoms with E-state index in [1.165, 1.54) is 124 Å². The number of pyridine rings is 1. The van der Waals surface area contributed by atoms with Crippen molar-refractivity contribution in [2.45, 2.75) is 210 Å². The first-order valence-corrected chi connectivity index (χ1v) is 47.9. The highest BCUT2D eigenvalue weighted by Crippen LogP contribution is 2.32. The van der Waals surface area contributed by atoms with E-state index in [2.05, 4.69) is 189 Å². The van der Waals surface area contributed by atoms with Gasteiger partial charge in [-0.15, -0.1) is 0 Å². The summed E-state index contributed by atoms with van der Waals surface area (Å²) in [6.07, 6.45) is 16.8. The monoisotopic (exact) mass is 1620 g/mol. The number of hydrogen-bond donors (Lipinski definition) is 0. The molecule has 6 aromatic rings. The van der Waals surface area contributed by atoms with Crippen LogP contribution in [0.5, 0.6) is 0 Å². The molecule has 9 rings (SSSR count). The van der Waals surface area contributed by atoms with Crippen LogP contribution in [-0.4, -0.2) is 209 Å². The van der Waals surface area contributed by atoms with Crippen molar-refractivity contribution in [3.05, 3.63) is 172 Å². The lowest BCUT2D eigenvalue weighted by molar-refractivity contribution is -0.696. The number of imide groups is 2. The minimum atomic E-state index is -0.228. The molecule has 0 N–H and O–H groups in total. The maximum atomic E-state index is 12.8. The fourth-order valence-corrected chi connectivity index (χ4v) is 15.8. The number of rotatable bonds is 28. The molecule has 4 amide bonds. The van der Waals surface area contributed by atoms with Gasteiger partial charge in [-0.1, -0.05) is 266 Å². The standard InChI is InChI=1S/C20H24N2O2S2.C13H23N2S2.C13H9NO2.C10H24N2S2.C10H12.C6H12.C4H11N.7C2H6.CH4/c1-21(2)11-5-13-25-26-14-6-12-22-19(23)16-9-3-7-15-8-4-10-17(18(15)16)20(22)24;1-14(2)8-6-12-16-17-13-7-11-15-9-4-3-5-10-15;1-14-12(15)9-6-2-4-8-5-3-7-10(11(8)9)13(14)16;1-11(2)7-5-9-13-14-10-6-8-12(3)4;1-2-6-10-8-4-3-7-9(10)5-1;1-5(2)6(3)4;1-4-5(2)3;7*1-2;/h3-4,7-10H,5-6,11-14H2,1-2H3;3-5,9-10H,6-8,11-13H2,1-2H3;2-7H,1H3;5-10H2,1-4H3;1-2,5-6H,3-4,7-8H2;1-4H3;4H2,1-3H3;7*1-2H3;1H4/q;+1;;;;;;;;;;;;;. The van der Waals surface area contributed by atoms with Gasteiger partial charge in [-0.25, -0.2) is 4.57 Å². The van der Waals surface area contributed by atoms with E-state index >= 15 is 0 Å². The molecule has 624 valence electrons. The van der Waals surface area contributed by atoms with Crippen molar-refractivity contribution in [1.82, 2.24) is 34.3 Å². The maximum Gasteiger partial charge on any atom is 0.261 e. The zero-order valence-corrected chi connectivity index (χ0v) is 78.9. The van der Waals surface area contributed by atoms with Crippen LogP contribution in [0.15, 0.2) is 139 Å². The Balaban J connectivity index is -0.000000287. The number of aromatic nitrogens is 1. The molecule has 3 aliphatic rings. The van der Waals surface area contributed by atoms with Gasteiger partial charge < -0.3 is 24.5 Å². The van der Waals surface area contributed by atoms with Crippen LogP contribution in [0.4, 0.5) is 0 Å². The van der Waals surface area contributed by atoms with Crippen molar-refractivity contribution in [2.75, 3.05) is 151 Å². The maximum absolute atomic E-state index is 12.8. The molecular formula is C91H161N8O4S6+. The van der Waals surface area contributed by atoms with Gasteiger partial charge in [-0.2, -0.15) is 0 Å². The molecule has 109 heavy (non-hydrogen) atoms. The lowest BCUT2D eigenvalue weighted by Crippen LogP contribution is -2.41. The number of nitrogens with zero attached hydrogens (tertiary/aromatic N) is 8. The normalized spacial score (nSPS) is 11.4. The van der Waals surface area contributed by atoms with Crippen LogP contribution in [0.2, 0.25) is 0 Å². The molecule has 1 aromatic heterocycles. The van der Waals surface area contributed by atoms with Crippen molar-refractivity contribution in [3.8, 4) is 0 Å². The zero-order valence-electron chi connectivity index (χ0n) is 74.0.